The van der Waals surface area contributed by atoms with Crippen molar-refractivity contribution < 1.29 is 0 Å². The summed E-state index contributed by atoms with van der Waals surface area (Å²) in [7, 11) is 0. The van der Waals surface area contributed by atoms with E-state index in [2.05, 4.69) is 69.7 Å². The van der Waals surface area contributed by atoms with Gasteiger partial charge < -0.3 is 5.32 Å². The molecule has 3 rings (SSSR count). The van der Waals surface area contributed by atoms with Crippen LogP contribution < -0.4 is 5.32 Å². The van der Waals surface area contributed by atoms with Gasteiger partial charge in [0.2, 0.25) is 0 Å². The second-order valence-corrected chi connectivity index (χ2v) is 6.73. The highest BCUT2D eigenvalue weighted by atomic mass is 79.9. The number of anilines is 2. The first-order valence-electron chi connectivity index (χ1n) is 6.67. The Morgan fingerprint density at radius 1 is 1.05 bits per heavy atom. The zero-order valence-electron chi connectivity index (χ0n) is 11.9. The first-order chi connectivity index (χ1) is 10.1. The van der Waals surface area contributed by atoms with Crippen molar-refractivity contribution in [2.24, 2.45) is 0 Å². The quantitative estimate of drug-likeness (QED) is 0.627. The minimum Gasteiger partial charge on any atom is -0.332 e. The van der Waals surface area contributed by atoms with Gasteiger partial charge in [-0.15, -0.1) is 11.3 Å². The van der Waals surface area contributed by atoms with Gasteiger partial charge >= 0.3 is 0 Å². The SMILES string of the molecule is Cc1cc(C)cc(Nc2nc(-c3ccccc3Br)cs2)c1. The van der Waals surface area contributed by atoms with Crippen LogP contribution in [0.25, 0.3) is 11.3 Å². The molecule has 0 amide bonds. The molecule has 1 heterocycles. The van der Waals surface area contributed by atoms with Gasteiger partial charge in [0.05, 0.1) is 5.69 Å². The molecule has 106 valence electrons. The molecule has 0 atom stereocenters. The molecule has 0 spiro atoms. The topological polar surface area (TPSA) is 24.9 Å². The summed E-state index contributed by atoms with van der Waals surface area (Å²) >= 11 is 5.19. The number of benzene rings is 2. The smallest absolute Gasteiger partial charge is 0.187 e. The standard InChI is InChI=1S/C17H15BrN2S/c1-11-7-12(2)9-13(8-11)19-17-20-16(10-21-17)14-5-3-4-6-15(14)18/h3-10H,1-2H3,(H,19,20). The van der Waals surface area contributed by atoms with E-state index in [4.69, 9.17) is 0 Å². The minimum absolute atomic E-state index is 0.908. The van der Waals surface area contributed by atoms with Crippen molar-refractivity contribution in [2.75, 3.05) is 5.32 Å². The first kappa shape index (κ1) is 14.3. The van der Waals surface area contributed by atoms with Crippen LogP contribution in [0.5, 0.6) is 0 Å². The molecule has 0 saturated carbocycles. The maximum atomic E-state index is 4.67. The van der Waals surface area contributed by atoms with Gasteiger partial charge in [-0.05, 0) is 43.2 Å². The summed E-state index contributed by atoms with van der Waals surface area (Å²) in [5.41, 5.74) is 5.68. The largest absolute Gasteiger partial charge is 0.332 e. The summed E-state index contributed by atoms with van der Waals surface area (Å²) in [6.07, 6.45) is 0. The van der Waals surface area contributed by atoms with E-state index in [1.165, 1.54) is 11.1 Å². The van der Waals surface area contributed by atoms with Crippen LogP contribution in [0.4, 0.5) is 10.8 Å². The molecule has 0 fully saturated rings. The summed E-state index contributed by atoms with van der Waals surface area (Å²) in [5, 5.41) is 6.37. The van der Waals surface area contributed by atoms with Crippen LogP contribution in [0.3, 0.4) is 0 Å². The predicted molar refractivity (Wildman–Crippen MR) is 94.4 cm³/mol. The monoisotopic (exact) mass is 358 g/mol. The fraction of sp³-hybridized carbons (Fsp3) is 0.118. The van der Waals surface area contributed by atoms with Crippen LogP contribution in [0.15, 0.2) is 52.3 Å². The second kappa shape index (κ2) is 6.00. The number of aromatic nitrogens is 1. The highest BCUT2D eigenvalue weighted by molar-refractivity contribution is 9.10. The maximum Gasteiger partial charge on any atom is 0.187 e. The van der Waals surface area contributed by atoms with Crippen molar-refractivity contribution in [1.29, 1.82) is 0 Å². The number of hydrogen-bond acceptors (Lipinski definition) is 3. The molecule has 4 heteroatoms. The average molecular weight is 359 g/mol. The zero-order chi connectivity index (χ0) is 14.8. The molecular formula is C17H15BrN2S. The molecular weight excluding hydrogens is 344 g/mol. The van der Waals surface area contributed by atoms with Gasteiger partial charge in [-0.3, -0.25) is 0 Å². The number of aryl methyl sites for hydroxylation is 2. The molecule has 0 radical (unpaired) electrons. The van der Waals surface area contributed by atoms with Crippen LogP contribution in [0, 0.1) is 13.8 Å². The molecule has 0 aliphatic heterocycles. The van der Waals surface area contributed by atoms with E-state index < -0.39 is 0 Å². The maximum absolute atomic E-state index is 4.67. The lowest BCUT2D eigenvalue weighted by Crippen LogP contribution is -1.91. The summed E-state index contributed by atoms with van der Waals surface area (Å²) in [4.78, 5) is 4.67. The Hall–Kier alpha value is -1.65. The molecule has 0 bridgehead atoms. The van der Waals surface area contributed by atoms with Gasteiger partial charge in [0, 0.05) is 21.1 Å². The Bertz CT molecular complexity index is 760. The Kier molecular flexibility index (Phi) is 4.08. The van der Waals surface area contributed by atoms with E-state index in [9.17, 15) is 0 Å². The van der Waals surface area contributed by atoms with Crippen molar-refractivity contribution in [1.82, 2.24) is 4.98 Å². The highest BCUT2D eigenvalue weighted by Gasteiger charge is 2.08. The zero-order valence-corrected chi connectivity index (χ0v) is 14.3. The normalized spacial score (nSPS) is 10.6. The third-order valence-corrected chi connectivity index (χ3v) is 4.58. The molecule has 0 aliphatic rings. The van der Waals surface area contributed by atoms with E-state index >= 15 is 0 Å². The number of rotatable bonds is 3. The van der Waals surface area contributed by atoms with Gasteiger partial charge in [0.25, 0.3) is 0 Å². The van der Waals surface area contributed by atoms with Crippen LogP contribution in [-0.2, 0) is 0 Å². The summed E-state index contributed by atoms with van der Waals surface area (Å²) in [6.45, 7) is 4.21. The van der Waals surface area contributed by atoms with Crippen molar-refractivity contribution in [3.05, 3.63) is 63.4 Å². The van der Waals surface area contributed by atoms with E-state index in [1.54, 1.807) is 11.3 Å². The Labute approximate surface area is 137 Å². The van der Waals surface area contributed by atoms with Gasteiger partial charge in [0.15, 0.2) is 5.13 Å². The molecule has 0 aliphatic carbocycles. The fourth-order valence-corrected chi connectivity index (χ4v) is 3.51. The van der Waals surface area contributed by atoms with Crippen LogP contribution in [0.2, 0.25) is 0 Å². The molecule has 21 heavy (non-hydrogen) atoms. The minimum atomic E-state index is 0.908. The molecule has 2 nitrogen and oxygen atoms in total. The van der Waals surface area contributed by atoms with E-state index in [1.807, 2.05) is 18.2 Å². The third-order valence-electron chi connectivity index (χ3n) is 3.13. The Morgan fingerprint density at radius 3 is 2.48 bits per heavy atom. The Balaban J connectivity index is 1.87. The molecule has 1 N–H and O–H groups in total. The number of thiazole rings is 1. The predicted octanol–water partition coefficient (Wildman–Crippen LogP) is 5.93. The van der Waals surface area contributed by atoms with Crippen molar-refractivity contribution in [3.63, 3.8) is 0 Å². The lowest BCUT2D eigenvalue weighted by Gasteiger charge is -2.05. The number of hydrogen-bond donors (Lipinski definition) is 1. The molecule has 0 unspecified atom stereocenters. The van der Waals surface area contributed by atoms with Crippen molar-refractivity contribution in [3.8, 4) is 11.3 Å². The van der Waals surface area contributed by atoms with Gasteiger partial charge in [-0.1, -0.05) is 40.2 Å². The average Bonchev–Trinajstić information content (AvgIpc) is 2.86. The highest BCUT2D eigenvalue weighted by Crippen LogP contribution is 2.31. The van der Waals surface area contributed by atoms with E-state index in [0.29, 0.717) is 0 Å². The van der Waals surface area contributed by atoms with Crippen LogP contribution in [0.1, 0.15) is 11.1 Å². The first-order valence-corrected chi connectivity index (χ1v) is 8.35. The van der Waals surface area contributed by atoms with Gasteiger partial charge in [0.1, 0.15) is 0 Å². The number of halogens is 1. The van der Waals surface area contributed by atoms with Crippen LogP contribution in [-0.4, -0.2) is 4.98 Å². The number of nitrogens with one attached hydrogen (secondary N) is 1. The molecule has 3 aromatic rings. The van der Waals surface area contributed by atoms with E-state index in [-0.39, 0.29) is 0 Å². The number of nitrogens with zero attached hydrogens (tertiary/aromatic N) is 1. The third kappa shape index (κ3) is 3.34. The van der Waals surface area contributed by atoms with Gasteiger partial charge in [-0.2, -0.15) is 0 Å². The van der Waals surface area contributed by atoms with E-state index in [0.717, 1.165) is 26.5 Å². The molecule has 2 aromatic carbocycles. The molecule has 1 aromatic heterocycles. The van der Waals surface area contributed by atoms with Crippen molar-refractivity contribution in [2.45, 2.75) is 13.8 Å². The van der Waals surface area contributed by atoms with Gasteiger partial charge in [-0.25, -0.2) is 4.98 Å². The lowest BCUT2D eigenvalue weighted by atomic mass is 10.1. The Morgan fingerprint density at radius 2 is 1.76 bits per heavy atom. The molecule has 0 saturated heterocycles. The summed E-state index contributed by atoms with van der Waals surface area (Å²) in [5.74, 6) is 0. The summed E-state index contributed by atoms with van der Waals surface area (Å²) < 4.78 is 1.06. The summed E-state index contributed by atoms with van der Waals surface area (Å²) in [6, 6.07) is 14.6. The van der Waals surface area contributed by atoms with Crippen LogP contribution >= 0.6 is 27.3 Å². The van der Waals surface area contributed by atoms with Crippen molar-refractivity contribution >= 4 is 38.1 Å². The lowest BCUT2D eigenvalue weighted by molar-refractivity contribution is 1.34. The fourth-order valence-electron chi connectivity index (χ4n) is 2.29. The second-order valence-electron chi connectivity index (χ2n) is 5.02.